The van der Waals surface area contributed by atoms with Crippen LogP contribution in [-0.4, -0.2) is 17.2 Å². The lowest BCUT2D eigenvalue weighted by atomic mass is 9.96. The minimum Gasteiger partial charge on any atom is -0.360 e. The first-order chi connectivity index (χ1) is 8.74. The predicted octanol–water partition coefficient (Wildman–Crippen LogP) is 3.48. The maximum absolute atomic E-state index is 5.39. The van der Waals surface area contributed by atoms with Crippen molar-refractivity contribution in [2.24, 2.45) is 0 Å². The second kappa shape index (κ2) is 7.10. The lowest BCUT2D eigenvalue weighted by Crippen LogP contribution is -2.46. The van der Waals surface area contributed by atoms with Crippen LogP contribution in [0, 0.1) is 0 Å². The zero-order valence-corrected chi connectivity index (χ0v) is 12.6. The Kier molecular flexibility index (Phi) is 5.45. The van der Waals surface area contributed by atoms with E-state index in [-0.39, 0.29) is 0 Å². The minimum absolute atomic E-state index is 0.396. The number of nitrogens with one attached hydrogen (secondary N) is 2. The van der Waals surface area contributed by atoms with Crippen molar-refractivity contribution in [3.8, 4) is 0 Å². The summed E-state index contributed by atoms with van der Waals surface area (Å²) in [4.78, 5) is 1.41. The molecule has 4 heteroatoms. The van der Waals surface area contributed by atoms with Crippen LogP contribution in [0.5, 0.6) is 0 Å². The van der Waals surface area contributed by atoms with Crippen LogP contribution in [0.15, 0.2) is 17.5 Å². The van der Waals surface area contributed by atoms with Gasteiger partial charge in [-0.15, -0.1) is 11.3 Å². The normalized spacial score (nSPS) is 18.3. The fourth-order valence-electron chi connectivity index (χ4n) is 2.48. The zero-order chi connectivity index (χ0) is 12.8. The van der Waals surface area contributed by atoms with Gasteiger partial charge in [0, 0.05) is 23.4 Å². The summed E-state index contributed by atoms with van der Waals surface area (Å²) in [5.74, 6) is 0. The lowest BCUT2D eigenvalue weighted by molar-refractivity contribution is 0.410. The molecule has 0 aromatic carbocycles. The molecule has 1 saturated carbocycles. The van der Waals surface area contributed by atoms with Crippen molar-refractivity contribution in [2.45, 2.75) is 57.5 Å². The standard InChI is InChI=1S/C14H22N2S2/c1-11(10-13-8-5-9-18-13)15-14(17)16-12-6-3-2-4-7-12/h5,8-9,11-12H,2-4,6-7,10H2,1H3,(H2,15,16,17). The van der Waals surface area contributed by atoms with Gasteiger partial charge in [-0.25, -0.2) is 0 Å². The van der Waals surface area contributed by atoms with Crippen LogP contribution >= 0.6 is 23.6 Å². The van der Waals surface area contributed by atoms with Crippen molar-refractivity contribution >= 4 is 28.7 Å². The van der Waals surface area contributed by atoms with Gasteiger partial charge in [-0.1, -0.05) is 25.3 Å². The molecule has 1 aliphatic rings. The Balaban J connectivity index is 1.69. The van der Waals surface area contributed by atoms with Crippen molar-refractivity contribution < 1.29 is 0 Å². The Morgan fingerprint density at radius 1 is 1.44 bits per heavy atom. The Morgan fingerprint density at radius 3 is 2.89 bits per heavy atom. The summed E-state index contributed by atoms with van der Waals surface area (Å²) in [6, 6.07) is 5.27. The summed E-state index contributed by atoms with van der Waals surface area (Å²) in [6.45, 7) is 2.19. The number of thiocarbonyl (C=S) groups is 1. The van der Waals surface area contributed by atoms with Crippen molar-refractivity contribution in [1.29, 1.82) is 0 Å². The first kappa shape index (κ1) is 13.8. The van der Waals surface area contributed by atoms with Crippen molar-refractivity contribution in [3.05, 3.63) is 22.4 Å². The second-order valence-electron chi connectivity index (χ2n) is 5.14. The average molecular weight is 282 g/mol. The molecule has 0 bridgehead atoms. The molecule has 0 radical (unpaired) electrons. The molecule has 2 rings (SSSR count). The van der Waals surface area contributed by atoms with E-state index in [1.165, 1.54) is 37.0 Å². The van der Waals surface area contributed by atoms with Crippen LogP contribution in [-0.2, 0) is 6.42 Å². The molecular formula is C14H22N2S2. The Hall–Kier alpha value is -0.610. The molecule has 1 fully saturated rings. The van der Waals surface area contributed by atoms with E-state index in [4.69, 9.17) is 12.2 Å². The van der Waals surface area contributed by atoms with Gasteiger partial charge in [-0.05, 0) is 43.4 Å². The van der Waals surface area contributed by atoms with Gasteiger partial charge in [0.2, 0.25) is 0 Å². The van der Waals surface area contributed by atoms with Crippen LogP contribution in [0.3, 0.4) is 0 Å². The van der Waals surface area contributed by atoms with Gasteiger partial charge in [-0.2, -0.15) is 0 Å². The van der Waals surface area contributed by atoms with Gasteiger partial charge < -0.3 is 10.6 Å². The molecular weight excluding hydrogens is 260 g/mol. The van der Waals surface area contributed by atoms with Crippen LogP contribution in [0.1, 0.15) is 43.9 Å². The molecule has 2 nitrogen and oxygen atoms in total. The fraction of sp³-hybridized carbons (Fsp3) is 0.643. The summed E-state index contributed by atoms with van der Waals surface area (Å²) >= 11 is 7.20. The van der Waals surface area contributed by atoms with E-state index in [1.54, 1.807) is 0 Å². The highest BCUT2D eigenvalue weighted by Crippen LogP contribution is 2.17. The molecule has 18 heavy (non-hydrogen) atoms. The van der Waals surface area contributed by atoms with E-state index in [9.17, 15) is 0 Å². The molecule has 1 aromatic heterocycles. The highest BCUT2D eigenvalue weighted by Gasteiger charge is 2.14. The quantitative estimate of drug-likeness (QED) is 0.827. The second-order valence-corrected chi connectivity index (χ2v) is 6.58. The summed E-state index contributed by atoms with van der Waals surface area (Å²) in [5.41, 5.74) is 0. The predicted molar refractivity (Wildman–Crippen MR) is 83.2 cm³/mol. The summed E-state index contributed by atoms with van der Waals surface area (Å²) in [7, 11) is 0. The van der Waals surface area contributed by atoms with Gasteiger partial charge >= 0.3 is 0 Å². The molecule has 0 spiro atoms. The number of rotatable bonds is 4. The average Bonchev–Trinajstić information content (AvgIpc) is 2.82. The van der Waals surface area contributed by atoms with E-state index >= 15 is 0 Å². The topological polar surface area (TPSA) is 24.1 Å². The number of thiophene rings is 1. The molecule has 1 atom stereocenters. The highest BCUT2D eigenvalue weighted by atomic mass is 32.1. The molecule has 1 aromatic rings. The van der Waals surface area contributed by atoms with Gasteiger partial charge in [0.1, 0.15) is 0 Å². The van der Waals surface area contributed by atoms with Gasteiger partial charge in [0.25, 0.3) is 0 Å². The molecule has 0 amide bonds. The largest absolute Gasteiger partial charge is 0.360 e. The Labute approximate surface area is 119 Å². The smallest absolute Gasteiger partial charge is 0.166 e. The first-order valence-corrected chi connectivity index (χ1v) is 8.12. The Bertz CT molecular complexity index is 356. The SMILES string of the molecule is CC(Cc1cccs1)NC(=S)NC1CCCCC1. The van der Waals surface area contributed by atoms with Crippen LogP contribution in [0.4, 0.5) is 0 Å². The van der Waals surface area contributed by atoms with E-state index in [1.807, 2.05) is 11.3 Å². The van der Waals surface area contributed by atoms with E-state index in [0.29, 0.717) is 12.1 Å². The molecule has 2 N–H and O–H groups in total. The van der Waals surface area contributed by atoms with E-state index in [2.05, 4.69) is 35.1 Å². The number of hydrogen-bond acceptors (Lipinski definition) is 2. The molecule has 1 unspecified atom stereocenters. The summed E-state index contributed by atoms with van der Waals surface area (Å²) < 4.78 is 0. The zero-order valence-electron chi connectivity index (χ0n) is 10.9. The summed E-state index contributed by atoms with van der Waals surface area (Å²) in [6.07, 6.45) is 7.63. The molecule has 0 saturated heterocycles. The highest BCUT2D eigenvalue weighted by molar-refractivity contribution is 7.80. The third-order valence-corrected chi connectivity index (χ3v) is 4.54. The third-order valence-electron chi connectivity index (χ3n) is 3.41. The molecule has 1 heterocycles. The Morgan fingerprint density at radius 2 is 2.22 bits per heavy atom. The van der Waals surface area contributed by atoms with Gasteiger partial charge in [0.05, 0.1) is 0 Å². The molecule has 0 aliphatic heterocycles. The fourth-order valence-corrected chi connectivity index (χ4v) is 3.68. The van der Waals surface area contributed by atoms with Crippen molar-refractivity contribution in [1.82, 2.24) is 10.6 Å². The van der Waals surface area contributed by atoms with Crippen molar-refractivity contribution in [3.63, 3.8) is 0 Å². The van der Waals surface area contributed by atoms with Crippen LogP contribution in [0.25, 0.3) is 0 Å². The van der Waals surface area contributed by atoms with E-state index < -0.39 is 0 Å². The van der Waals surface area contributed by atoms with Crippen LogP contribution in [0.2, 0.25) is 0 Å². The van der Waals surface area contributed by atoms with Gasteiger partial charge in [-0.3, -0.25) is 0 Å². The summed E-state index contributed by atoms with van der Waals surface area (Å²) in [5, 5.41) is 9.80. The third kappa shape index (κ3) is 4.58. The minimum atomic E-state index is 0.396. The monoisotopic (exact) mass is 282 g/mol. The first-order valence-electron chi connectivity index (χ1n) is 6.83. The number of hydrogen-bond donors (Lipinski definition) is 2. The lowest BCUT2D eigenvalue weighted by Gasteiger charge is -2.25. The maximum atomic E-state index is 5.39. The molecule has 1 aliphatic carbocycles. The van der Waals surface area contributed by atoms with Crippen molar-refractivity contribution in [2.75, 3.05) is 0 Å². The van der Waals surface area contributed by atoms with E-state index in [0.717, 1.165) is 11.5 Å². The van der Waals surface area contributed by atoms with Gasteiger partial charge in [0.15, 0.2) is 5.11 Å². The maximum Gasteiger partial charge on any atom is 0.166 e. The van der Waals surface area contributed by atoms with Crippen LogP contribution < -0.4 is 10.6 Å². The molecule has 100 valence electrons.